The third kappa shape index (κ3) is 5.29. The molecule has 0 aliphatic rings. The van der Waals surface area contributed by atoms with E-state index < -0.39 is 24.4 Å². The Labute approximate surface area is 182 Å². The van der Waals surface area contributed by atoms with E-state index in [0.717, 1.165) is 0 Å². The van der Waals surface area contributed by atoms with E-state index in [4.69, 9.17) is 26.0 Å². The Morgan fingerprint density at radius 1 is 1.13 bits per heavy atom. The van der Waals surface area contributed by atoms with Crippen LogP contribution in [0.3, 0.4) is 0 Å². The minimum Gasteiger partial charge on any atom is -0.459 e. The fourth-order valence-corrected chi connectivity index (χ4v) is 2.90. The summed E-state index contributed by atoms with van der Waals surface area (Å²) in [5.74, 6) is -1.82. The first-order valence-corrected chi connectivity index (χ1v) is 9.38. The predicted molar refractivity (Wildman–Crippen MR) is 113 cm³/mol. The number of carbonyl (C=O) groups is 3. The number of ether oxygens (including phenoxy) is 1. The van der Waals surface area contributed by atoms with Gasteiger partial charge in [-0.15, -0.1) is 0 Å². The quantitative estimate of drug-likeness (QED) is 0.558. The van der Waals surface area contributed by atoms with E-state index in [9.17, 15) is 14.4 Å². The fraction of sp³-hybridized carbons (Fsp3) is 0.0909. The van der Waals surface area contributed by atoms with Gasteiger partial charge in [0.15, 0.2) is 12.4 Å². The monoisotopic (exact) mass is 437 g/mol. The number of hydrogen-bond donors (Lipinski definition) is 2. The number of anilines is 2. The van der Waals surface area contributed by atoms with Gasteiger partial charge in [0, 0.05) is 5.69 Å². The molecule has 1 aromatic heterocycles. The van der Waals surface area contributed by atoms with Crippen LogP contribution >= 0.6 is 11.6 Å². The molecule has 0 aliphatic heterocycles. The number of para-hydroxylation sites is 1. The van der Waals surface area contributed by atoms with Crippen molar-refractivity contribution in [2.24, 2.45) is 0 Å². The van der Waals surface area contributed by atoms with Gasteiger partial charge in [-0.05, 0) is 48.9 Å². The number of nitrogens with zero attached hydrogens (tertiary/aromatic N) is 1. The van der Waals surface area contributed by atoms with Crippen molar-refractivity contribution in [2.75, 3.05) is 17.2 Å². The summed E-state index contributed by atoms with van der Waals surface area (Å²) in [6, 6.07) is 14.2. The third-order valence-corrected chi connectivity index (χ3v) is 4.50. The Kier molecular flexibility index (Phi) is 6.70. The van der Waals surface area contributed by atoms with Gasteiger partial charge in [-0.2, -0.15) is 5.26 Å². The molecule has 2 N–H and O–H groups in total. The summed E-state index contributed by atoms with van der Waals surface area (Å²) in [7, 11) is 0. The van der Waals surface area contributed by atoms with Crippen molar-refractivity contribution in [1.82, 2.24) is 0 Å². The van der Waals surface area contributed by atoms with E-state index >= 15 is 0 Å². The number of carbonyl (C=O) groups excluding carboxylic acids is 3. The molecule has 0 bridgehead atoms. The zero-order valence-electron chi connectivity index (χ0n) is 16.3. The number of furan rings is 1. The molecule has 0 spiro atoms. The van der Waals surface area contributed by atoms with Gasteiger partial charge < -0.3 is 19.8 Å². The molecule has 3 rings (SSSR count). The molecule has 156 valence electrons. The lowest BCUT2D eigenvalue weighted by Gasteiger charge is -2.13. The second kappa shape index (κ2) is 9.61. The predicted octanol–water partition coefficient (Wildman–Crippen LogP) is 4.16. The van der Waals surface area contributed by atoms with Gasteiger partial charge in [0.05, 0.1) is 28.1 Å². The lowest BCUT2D eigenvalue weighted by atomic mass is 10.1. The van der Waals surface area contributed by atoms with Crippen molar-refractivity contribution in [3.05, 3.63) is 82.3 Å². The highest BCUT2D eigenvalue weighted by molar-refractivity contribution is 6.32. The molecule has 2 aromatic carbocycles. The number of benzene rings is 2. The number of amides is 2. The van der Waals surface area contributed by atoms with Gasteiger partial charge in [0.25, 0.3) is 11.8 Å². The van der Waals surface area contributed by atoms with E-state index in [-0.39, 0.29) is 27.6 Å². The molecule has 8 nitrogen and oxygen atoms in total. The largest absolute Gasteiger partial charge is 0.459 e. The topological polar surface area (TPSA) is 121 Å². The summed E-state index contributed by atoms with van der Waals surface area (Å²) in [6.45, 7) is 1.16. The second-order valence-electron chi connectivity index (χ2n) is 6.36. The molecule has 0 saturated carbocycles. The van der Waals surface area contributed by atoms with Gasteiger partial charge >= 0.3 is 5.97 Å². The SMILES string of the molecule is Cc1cccc(C(=O)OCC(=O)Nc2ccc(C#N)c(Cl)c2)c1NC(=O)c1ccco1. The van der Waals surface area contributed by atoms with Crippen molar-refractivity contribution in [3.8, 4) is 6.07 Å². The van der Waals surface area contributed by atoms with E-state index in [0.29, 0.717) is 11.3 Å². The molecule has 9 heteroatoms. The average Bonchev–Trinajstić information content (AvgIpc) is 3.28. The Morgan fingerprint density at radius 2 is 1.94 bits per heavy atom. The van der Waals surface area contributed by atoms with Crippen LogP contribution in [0.5, 0.6) is 0 Å². The van der Waals surface area contributed by atoms with Crippen molar-refractivity contribution < 1.29 is 23.5 Å². The fourth-order valence-electron chi connectivity index (χ4n) is 2.68. The van der Waals surface area contributed by atoms with Crippen LogP contribution in [0.25, 0.3) is 0 Å². The Balaban J connectivity index is 1.66. The molecule has 0 unspecified atom stereocenters. The molecule has 31 heavy (non-hydrogen) atoms. The smallest absolute Gasteiger partial charge is 0.340 e. The van der Waals surface area contributed by atoms with Gasteiger partial charge in [-0.1, -0.05) is 23.7 Å². The van der Waals surface area contributed by atoms with Crippen LogP contribution in [0.2, 0.25) is 5.02 Å². The summed E-state index contributed by atoms with van der Waals surface area (Å²) >= 11 is 5.93. The number of esters is 1. The number of aryl methyl sites for hydroxylation is 1. The molecule has 0 aliphatic carbocycles. The van der Waals surface area contributed by atoms with Crippen LogP contribution in [-0.2, 0) is 9.53 Å². The van der Waals surface area contributed by atoms with Crippen LogP contribution in [0.4, 0.5) is 11.4 Å². The standard InChI is InChI=1S/C22H16ClN3O5/c1-13-4-2-5-16(20(13)26-21(28)18-6-3-9-30-18)22(29)31-12-19(27)25-15-8-7-14(11-24)17(23)10-15/h2-10H,12H2,1H3,(H,25,27)(H,26,28). The number of halogens is 1. The average molecular weight is 438 g/mol. The first-order valence-electron chi connectivity index (χ1n) is 9.00. The molecule has 0 radical (unpaired) electrons. The zero-order valence-corrected chi connectivity index (χ0v) is 17.0. The highest BCUT2D eigenvalue weighted by Gasteiger charge is 2.19. The molecule has 0 saturated heterocycles. The van der Waals surface area contributed by atoms with Crippen LogP contribution in [0.1, 0.15) is 32.0 Å². The number of hydrogen-bond acceptors (Lipinski definition) is 6. The second-order valence-corrected chi connectivity index (χ2v) is 6.77. The van der Waals surface area contributed by atoms with Gasteiger partial charge in [0.1, 0.15) is 6.07 Å². The van der Waals surface area contributed by atoms with Gasteiger partial charge in [-0.3, -0.25) is 9.59 Å². The van der Waals surface area contributed by atoms with Crippen LogP contribution < -0.4 is 10.6 Å². The summed E-state index contributed by atoms with van der Waals surface area (Å²) < 4.78 is 10.2. The third-order valence-electron chi connectivity index (χ3n) is 4.18. The summed E-state index contributed by atoms with van der Waals surface area (Å²) in [4.78, 5) is 37.0. The van der Waals surface area contributed by atoms with Gasteiger partial charge in [0.2, 0.25) is 0 Å². The first kappa shape index (κ1) is 21.6. The molecule has 0 atom stereocenters. The van der Waals surface area contributed by atoms with Gasteiger partial charge in [-0.25, -0.2) is 4.79 Å². The van der Waals surface area contributed by atoms with Crippen LogP contribution in [0.15, 0.2) is 59.2 Å². The highest BCUT2D eigenvalue weighted by Crippen LogP contribution is 2.23. The molecular formula is C22H16ClN3O5. The van der Waals surface area contributed by atoms with Crippen molar-refractivity contribution in [1.29, 1.82) is 5.26 Å². The lowest BCUT2D eigenvalue weighted by Crippen LogP contribution is -2.22. The minimum absolute atomic E-state index is 0.0861. The number of nitrogens with one attached hydrogen (secondary N) is 2. The Bertz CT molecular complexity index is 1180. The van der Waals surface area contributed by atoms with E-state index in [2.05, 4.69) is 10.6 Å². The lowest BCUT2D eigenvalue weighted by molar-refractivity contribution is -0.119. The highest BCUT2D eigenvalue weighted by atomic mass is 35.5. The van der Waals surface area contributed by atoms with E-state index in [1.165, 1.54) is 36.6 Å². The maximum atomic E-state index is 12.5. The maximum Gasteiger partial charge on any atom is 0.340 e. The van der Waals surface area contributed by atoms with Crippen LogP contribution in [0, 0.1) is 18.3 Å². The zero-order chi connectivity index (χ0) is 22.4. The van der Waals surface area contributed by atoms with E-state index in [1.54, 1.807) is 25.1 Å². The molecule has 2 amide bonds. The summed E-state index contributed by atoms with van der Waals surface area (Å²) in [6.07, 6.45) is 1.36. The van der Waals surface area contributed by atoms with Crippen LogP contribution in [-0.4, -0.2) is 24.4 Å². The first-order chi connectivity index (χ1) is 14.9. The van der Waals surface area contributed by atoms with Crippen molar-refractivity contribution in [2.45, 2.75) is 6.92 Å². The molecular weight excluding hydrogens is 422 g/mol. The Morgan fingerprint density at radius 3 is 2.61 bits per heavy atom. The molecule has 3 aromatic rings. The van der Waals surface area contributed by atoms with E-state index in [1.807, 2.05) is 6.07 Å². The molecule has 0 fully saturated rings. The summed E-state index contributed by atoms with van der Waals surface area (Å²) in [5, 5.41) is 14.2. The Hall–Kier alpha value is -4.09. The maximum absolute atomic E-state index is 12.5. The number of rotatable bonds is 6. The van der Waals surface area contributed by atoms with Crippen molar-refractivity contribution >= 4 is 40.8 Å². The normalized spacial score (nSPS) is 10.1. The van der Waals surface area contributed by atoms with Crippen molar-refractivity contribution in [3.63, 3.8) is 0 Å². The minimum atomic E-state index is -0.786. The summed E-state index contributed by atoms with van der Waals surface area (Å²) in [5.41, 5.74) is 1.61. The number of nitriles is 1. The molecule has 1 heterocycles.